The fourth-order valence-corrected chi connectivity index (χ4v) is 25.1. The summed E-state index contributed by atoms with van der Waals surface area (Å²) in [6.45, 7) is 15.0. The van der Waals surface area contributed by atoms with Gasteiger partial charge in [-0.1, -0.05) is 294 Å². The number of unbranched alkanes of at least 4 members (excludes halogenated alkanes) is 33. The van der Waals surface area contributed by atoms with E-state index in [1.165, 1.54) is 255 Å². The second-order valence-electron chi connectivity index (χ2n) is 41.7. The Kier molecular flexibility index (Phi) is 46.6. The topological polar surface area (TPSA) is 170 Å². The molecule has 4 aromatic carbocycles. The average molecular weight is 1800 g/mol. The monoisotopic (exact) mass is 1800 g/mol. The molecular formula is C117H176N4O10. The molecular weight excluding hydrogens is 1620 g/mol. The first-order valence-corrected chi connectivity index (χ1v) is 54.4. The van der Waals surface area contributed by atoms with Gasteiger partial charge in [0.15, 0.2) is 0 Å². The van der Waals surface area contributed by atoms with Crippen molar-refractivity contribution in [1.82, 2.24) is 20.4 Å². The summed E-state index contributed by atoms with van der Waals surface area (Å²) >= 11 is 0. The Hall–Kier alpha value is -7.48. The summed E-state index contributed by atoms with van der Waals surface area (Å²) in [5.41, 5.74) is 5.69. The Morgan fingerprint density at radius 1 is 0.328 bits per heavy atom. The second kappa shape index (κ2) is 58.7. The SMILES string of the molecule is CCCCC/C=C/CCC(CCCCCCCC(=O)NCCCCCCCOc1ccc(C2(c3ccc(OCCCCCCCN4C(=O)C=CC4=O)cc3)C(C)CC3CC(C)CC2C3)cc1)C(CCCCCCCC)CCCCCCCCC(=O)NCCCCCCCOc1ccc(C2(c3ccc(OCCCCCCCN4C(=O)C=CC4=O)cc3)C3CC4CC(C3)CC2C4)cc1. The van der Waals surface area contributed by atoms with E-state index in [0.29, 0.717) is 62.8 Å². The summed E-state index contributed by atoms with van der Waals surface area (Å²) in [5.74, 6) is 10.8. The normalized spacial score (nSPS) is 22.4. The maximum absolute atomic E-state index is 13.0. The van der Waals surface area contributed by atoms with E-state index in [1.807, 2.05) is 0 Å². The smallest absolute Gasteiger partial charge is 0.253 e. The molecule has 2 heterocycles. The first-order valence-electron chi connectivity index (χ1n) is 54.4. The molecule has 0 aromatic heterocycles. The fourth-order valence-electron chi connectivity index (χ4n) is 25.1. The van der Waals surface area contributed by atoms with Gasteiger partial charge in [-0.3, -0.25) is 38.6 Å². The zero-order chi connectivity index (χ0) is 91.8. The minimum Gasteiger partial charge on any atom is -0.494 e. The number of rotatable bonds is 72. The molecule has 6 amide bonds. The first-order chi connectivity index (χ1) is 64.2. The molecule has 14 heteroatoms. The Bertz CT molecular complexity index is 3950. The maximum Gasteiger partial charge on any atom is 0.253 e. The molecule has 7 atom stereocenters. The van der Waals surface area contributed by atoms with Gasteiger partial charge in [0.1, 0.15) is 23.0 Å². The van der Waals surface area contributed by atoms with Crippen LogP contribution in [0.1, 0.15) is 416 Å². The van der Waals surface area contributed by atoms with E-state index in [-0.39, 0.29) is 46.3 Å². The maximum atomic E-state index is 13.0. The van der Waals surface area contributed by atoms with Crippen LogP contribution in [0.5, 0.6) is 23.0 Å². The molecule has 6 aliphatic carbocycles. The lowest BCUT2D eigenvalue weighted by atomic mass is 9.42. The van der Waals surface area contributed by atoms with Crippen LogP contribution < -0.4 is 29.6 Å². The third kappa shape index (κ3) is 33.5. The molecule has 6 fully saturated rings. The van der Waals surface area contributed by atoms with Gasteiger partial charge in [-0.25, -0.2) is 0 Å². The Morgan fingerprint density at radius 2 is 0.634 bits per heavy atom. The highest BCUT2D eigenvalue weighted by Gasteiger charge is 2.59. The minimum atomic E-state index is -0.192. The third-order valence-electron chi connectivity index (χ3n) is 31.8. The molecule has 0 radical (unpaired) electrons. The summed E-state index contributed by atoms with van der Waals surface area (Å²) in [6.07, 6.45) is 77.6. The molecule has 131 heavy (non-hydrogen) atoms. The number of nitrogens with one attached hydrogen (secondary N) is 2. The number of fused-ring (bicyclic) bond motifs is 2. The van der Waals surface area contributed by atoms with E-state index < -0.39 is 0 Å². The number of nitrogens with zero attached hydrogens (tertiary/aromatic N) is 2. The molecule has 4 aromatic rings. The molecule has 6 bridgehead atoms. The number of amides is 6. The predicted molar refractivity (Wildman–Crippen MR) is 537 cm³/mol. The highest BCUT2D eigenvalue weighted by Crippen LogP contribution is 2.66. The van der Waals surface area contributed by atoms with Crippen molar-refractivity contribution in [3.8, 4) is 23.0 Å². The van der Waals surface area contributed by atoms with Gasteiger partial charge >= 0.3 is 0 Å². The Balaban J connectivity index is 0.506. The van der Waals surface area contributed by atoms with Crippen LogP contribution in [0.3, 0.4) is 0 Å². The molecule has 0 saturated heterocycles. The number of benzene rings is 4. The van der Waals surface area contributed by atoms with Gasteiger partial charge in [-0.2, -0.15) is 0 Å². The highest BCUT2D eigenvalue weighted by molar-refractivity contribution is 6.13. The highest BCUT2D eigenvalue weighted by atomic mass is 16.5. The van der Waals surface area contributed by atoms with E-state index in [1.54, 1.807) is 0 Å². The van der Waals surface area contributed by atoms with E-state index in [4.69, 9.17) is 18.9 Å². The summed E-state index contributed by atoms with van der Waals surface area (Å²) in [7, 11) is 0. The molecule has 14 nitrogen and oxygen atoms in total. The van der Waals surface area contributed by atoms with Gasteiger partial charge in [0.2, 0.25) is 11.8 Å². The molecule has 12 rings (SSSR count). The van der Waals surface area contributed by atoms with Gasteiger partial charge in [-0.15, -0.1) is 0 Å². The van der Waals surface area contributed by atoms with Crippen molar-refractivity contribution >= 4 is 35.4 Å². The summed E-state index contributed by atoms with van der Waals surface area (Å²) in [5, 5.41) is 6.49. The predicted octanol–water partition coefficient (Wildman–Crippen LogP) is 28.7. The van der Waals surface area contributed by atoms with Crippen molar-refractivity contribution in [1.29, 1.82) is 0 Å². The zero-order valence-corrected chi connectivity index (χ0v) is 82.4. The van der Waals surface area contributed by atoms with Gasteiger partial charge in [0.25, 0.3) is 23.6 Å². The largest absolute Gasteiger partial charge is 0.494 e. The van der Waals surface area contributed by atoms with E-state index in [9.17, 15) is 28.8 Å². The molecule has 724 valence electrons. The van der Waals surface area contributed by atoms with Crippen LogP contribution in [0.15, 0.2) is 134 Å². The number of imide groups is 2. The standard InChI is InChI=1S/C117H176N4O10/c1-5-7-9-11-13-22-36-50-98(52-38-24-16-26-40-54-111(123)119-76-42-27-17-31-45-79-128-106-63-55-99(56-64-106)116(93(4)85-94-83-92(3)84-103(116)87-94)100-57-65-107(66-58-100)129-81-47-33-19-29-43-77-120-112(124)71-72-113(120)125)97(49-35-21-12-10-8-6-2)51-37-23-14-15-25-39-53-110(122)118-75-41-28-18-32-46-80-130-108-67-59-101(60-68-108)117(104-88-95-86-96(90-104)91-105(117)89-95)102-61-69-109(70-62-102)131-82-48-34-20-30-44-78-121-114(126)73-74-115(121)127/h13,22,55-74,92-98,103-105H,5-12,14-21,23-54,75-91H2,1-4H3,(H,118,122)(H,119,123)/b22-13+. The summed E-state index contributed by atoms with van der Waals surface area (Å²) < 4.78 is 25.4. The number of hydrogen-bond acceptors (Lipinski definition) is 10. The zero-order valence-electron chi connectivity index (χ0n) is 82.4. The number of allylic oxidation sites excluding steroid dienone is 2. The fraction of sp³-hybridized carbons (Fsp3) is 0.692. The van der Waals surface area contributed by atoms with Crippen molar-refractivity contribution in [2.45, 2.75) is 405 Å². The number of carbonyl (C=O) groups excluding carboxylic acids is 6. The average Bonchev–Trinajstić information content (AvgIpc) is 0.971. The van der Waals surface area contributed by atoms with E-state index in [0.717, 1.165) is 239 Å². The van der Waals surface area contributed by atoms with E-state index >= 15 is 0 Å². The minimum absolute atomic E-state index is 0.0267. The molecule has 7 unspecified atom stereocenters. The van der Waals surface area contributed by atoms with Crippen molar-refractivity contribution < 1.29 is 47.7 Å². The molecule has 6 saturated carbocycles. The second-order valence-corrected chi connectivity index (χ2v) is 41.7. The van der Waals surface area contributed by atoms with Crippen molar-refractivity contribution in [2.75, 3.05) is 52.6 Å². The quantitative estimate of drug-likeness (QED) is 0.0246. The number of carbonyl (C=O) groups is 6. The van der Waals surface area contributed by atoms with E-state index in [2.05, 4.69) is 148 Å². The lowest BCUT2D eigenvalue weighted by molar-refractivity contribution is -0.138. The molecule has 0 spiro atoms. The van der Waals surface area contributed by atoms with Gasteiger partial charge in [0.05, 0.1) is 26.4 Å². The van der Waals surface area contributed by atoms with Crippen LogP contribution in [-0.2, 0) is 39.6 Å². The third-order valence-corrected chi connectivity index (χ3v) is 31.8. The van der Waals surface area contributed by atoms with Crippen LogP contribution in [0.2, 0.25) is 0 Å². The van der Waals surface area contributed by atoms with Crippen molar-refractivity contribution in [2.24, 2.45) is 59.2 Å². The van der Waals surface area contributed by atoms with Gasteiger partial charge < -0.3 is 29.6 Å². The molecule has 2 aliphatic heterocycles. The van der Waals surface area contributed by atoms with Gasteiger partial charge in [0, 0.05) is 74.2 Å². The Morgan fingerprint density at radius 3 is 1.02 bits per heavy atom. The summed E-state index contributed by atoms with van der Waals surface area (Å²) in [4.78, 5) is 76.0. The van der Waals surface area contributed by atoms with Gasteiger partial charge in [-0.05, 0) is 278 Å². The van der Waals surface area contributed by atoms with Crippen LogP contribution in [-0.4, -0.2) is 97.8 Å². The lowest BCUT2D eigenvalue weighted by Gasteiger charge is -2.62. The van der Waals surface area contributed by atoms with Crippen molar-refractivity contribution in [3.05, 3.63) is 156 Å². The molecule has 8 aliphatic rings. The number of hydrogen-bond donors (Lipinski definition) is 2. The molecule has 2 N–H and O–H groups in total. The number of ether oxygens (including phenoxy) is 4. The van der Waals surface area contributed by atoms with Crippen LogP contribution in [0, 0.1) is 59.2 Å². The first kappa shape index (κ1) is 104. The summed E-state index contributed by atoms with van der Waals surface area (Å²) in [6, 6.07) is 36.7. The van der Waals surface area contributed by atoms with Crippen LogP contribution in [0.25, 0.3) is 0 Å². The Labute approximate surface area is 793 Å². The van der Waals surface area contributed by atoms with Crippen LogP contribution >= 0.6 is 0 Å². The van der Waals surface area contributed by atoms with Crippen LogP contribution in [0.4, 0.5) is 0 Å². The van der Waals surface area contributed by atoms with Crippen molar-refractivity contribution in [3.63, 3.8) is 0 Å². The lowest BCUT2D eigenvalue weighted by Crippen LogP contribution is -2.56.